The molecular weight excluding hydrogens is 477 g/mol. The molecule has 6 rings (SSSR count). The minimum Gasteiger partial charge on any atom is -0.402 e. The van der Waals surface area contributed by atoms with Crippen LogP contribution in [0.5, 0.6) is 0 Å². The van der Waals surface area contributed by atoms with Crippen LogP contribution in [-0.4, -0.2) is 59.3 Å². The molecule has 1 amide bonds. The monoisotopic (exact) mass is 499 g/mol. The van der Waals surface area contributed by atoms with Crippen LogP contribution >= 0.6 is 0 Å². The van der Waals surface area contributed by atoms with Gasteiger partial charge in [-0.05, 0) is 6.07 Å². The first-order valence-electron chi connectivity index (χ1n) is 11.8. The lowest BCUT2D eigenvalue weighted by atomic mass is 10.0. The summed E-state index contributed by atoms with van der Waals surface area (Å²) >= 11 is 0. The third kappa shape index (κ3) is 4.64. The van der Waals surface area contributed by atoms with Gasteiger partial charge in [-0.15, -0.1) is 5.10 Å². The predicted octanol–water partition coefficient (Wildman–Crippen LogP) is 3.34. The van der Waals surface area contributed by atoms with Gasteiger partial charge >= 0.3 is 6.01 Å². The van der Waals surface area contributed by atoms with Crippen LogP contribution in [0.2, 0.25) is 0 Å². The lowest BCUT2D eigenvalue weighted by Gasteiger charge is -2.28. The minimum absolute atomic E-state index is 0.0799. The van der Waals surface area contributed by atoms with E-state index in [1.807, 2.05) is 59.5 Å². The number of para-hydroxylation sites is 1. The molecule has 0 spiro atoms. The van der Waals surface area contributed by atoms with E-state index < -0.39 is 17.9 Å². The molecule has 37 heavy (non-hydrogen) atoms. The first-order valence-corrected chi connectivity index (χ1v) is 11.8. The molecule has 2 N–H and O–H groups in total. The molecule has 2 aromatic heterocycles. The minimum atomic E-state index is -1.07. The molecule has 4 aromatic rings. The number of aromatic nitrogens is 3. The zero-order valence-electron chi connectivity index (χ0n) is 19.6. The van der Waals surface area contributed by atoms with E-state index in [4.69, 9.17) is 9.15 Å². The molecular formula is C26H22FN7O3. The van der Waals surface area contributed by atoms with Crippen molar-refractivity contribution in [2.24, 2.45) is 4.99 Å². The second-order valence-electron chi connectivity index (χ2n) is 8.46. The molecule has 0 unspecified atom stereocenters. The van der Waals surface area contributed by atoms with Crippen molar-refractivity contribution >= 4 is 29.0 Å². The van der Waals surface area contributed by atoms with Crippen molar-refractivity contribution in [1.82, 2.24) is 15.2 Å². The van der Waals surface area contributed by atoms with Crippen molar-refractivity contribution in [1.29, 1.82) is 0 Å². The number of nitrogens with zero attached hydrogens (tertiary/aromatic N) is 5. The molecule has 2 aromatic carbocycles. The first kappa shape index (κ1) is 22.8. The number of halogens is 1. The van der Waals surface area contributed by atoms with Crippen LogP contribution < -0.4 is 15.5 Å². The maximum absolute atomic E-state index is 14.9. The number of rotatable bonds is 5. The number of aliphatic imine (C=N–C) groups is 1. The predicted molar refractivity (Wildman–Crippen MR) is 135 cm³/mol. The number of ether oxygens (including phenoxy) is 1. The Morgan fingerprint density at radius 1 is 1.03 bits per heavy atom. The molecule has 0 aliphatic carbocycles. The Bertz CT molecular complexity index is 1470. The number of nitrogens with one attached hydrogen (secondary N) is 2. The quantitative estimate of drug-likeness (QED) is 0.429. The van der Waals surface area contributed by atoms with E-state index in [2.05, 4.69) is 30.8 Å². The van der Waals surface area contributed by atoms with Crippen molar-refractivity contribution in [2.45, 2.75) is 6.17 Å². The van der Waals surface area contributed by atoms with E-state index in [0.717, 1.165) is 11.1 Å². The number of pyridine rings is 1. The van der Waals surface area contributed by atoms with Gasteiger partial charge in [-0.2, -0.15) is 0 Å². The van der Waals surface area contributed by atoms with Crippen LogP contribution in [-0.2, 0) is 9.53 Å². The normalized spacial score (nSPS) is 17.4. The number of carbonyl (C=O) groups is 1. The molecule has 0 radical (unpaired) electrons. The van der Waals surface area contributed by atoms with E-state index in [9.17, 15) is 9.18 Å². The molecule has 1 saturated heterocycles. The molecule has 0 saturated carbocycles. The van der Waals surface area contributed by atoms with Gasteiger partial charge in [-0.3, -0.25) is 4.79 Å². The van der Waals surface area contributed by atoms with E-state index in [-0.39, 0.29) is 17.6 Å². The zero-order chi connectivity index (χ0) is 25.2. The number of morpholine rings is 1. The first-order chi connectivity index (χ1) is 18.2. The van der Waals surface area contributed by atoms with Crippen molar-refractivity contribution in [3.8, 4) is 11.6 Å². The molecule has 186 valence electrons. The Morgan fingerprint density at radius 2 is 1.81 bits per heavy atom. The standard InChI is InChI=1S/C26H22FN7O3/c27-19-14-17(34-10-12-36-13-11-34)15-28-22(19)25-32-33-26(37-25)31-23-24(35)29-20-9-5-4-8-18(20)21(30-23)16-6-2-1-3-7-16/h1-9,14-15,23H,10-13H2,(H,29,35)(H,31,33)/t23-/m1/s1. The van der Waals surface area contributed by atoms with Gasteiger partial charge in [0.15, 0.2) is 11.5 Å². The van der Waals surface area contributed by atoms with E-state index >= 15 is 0 Å². The fourth-order valence-electron chi connectivity index (χ4n) is 4.25. The topological polar surface area (TPSA) is 118 Å². The number of benzene rings is 2. The number of anilines is 3. The Balaban J connectivity index is 1.27. The smallest absolute Gasteiger partial charge is 0.317 e. The fraction of sp³-hybridized carbons (Fsp3) is 0.192. The fourth-order valence-corrected chi connectivity index (χ4v) is 4.25. The Morgan fingerprint density at radius 3 is 2.62 bits per heavy atom. The Kier molecular flexibility index (Phi) is 6.03. The van der Waals surface area contributed by atoms with E-state index in [1.54, 1.807) is 6.20 Å². The molecule has 11 heteroatoms. The van der Waals surface area contributed by atoms with E-state index in [1.165, 1.54) is 6.07 Å². The highest BCUT2D eigenvalue weighted by molar-refractivity contribution is 6.19. The molecule has 4 heterocycles. The maximum atomic E-state index is 14.9. The number of fused-ring (bicyclic) bond motifs is 1. The highest BCUT2D eigenvalue weighted by Gasteiger charge is 2.27. The average Bonchev–Trinajstić information content (AvgIpc) is 3.35. The van der Waals surface area contributed by atoms with Gasteiger partial charge in [0.05, 0.1) is 36.5 Å². The van der Waals surface area contributed by atoms with Crippen LogP contribution in [0, 0.1) is 5.82 Å². The third-order valence-electron chi connectivity index (χ3n) is 6.08. The zero-order valence-corrected chi connectivity index (χ0v) is 19.6. The molecule has 1 atom stereocenters. The van der Waals surface area contributed by atoms with Crippen molar-refractivity contribution in [2.75, 3.05) is 41.8 Å². The highest BCUT2D eigenvalue weighted by Crippen LogP contribution is 2.27. The summed E-state index contributed by atoms with van der Waals surface area (Å²) in [6.45, 7) is 2.48. The van der Waals surface area contributed by atoms with Crippen LogP contribution in [0.15, 0.2) is 76.3 Å². The van der Waals surface area contributed by atoms with Crippen molar-refractivity contribution in [3.05, 3.63) is 83.8 Å². The van der Waals surface area contributed by atoms with Gasteiger partial charge in [-0.25, -0.2) is 14.4 Å². The van der Waals surface area contributed by atoms with Crippen molar-refractivity contribution in [3.63, 3.8) is 0 Å². The third-order valence-corrected chi connectivity index (χ3v) is 6.08. The van der Waals surface area contributed by atoms with Crippen LogP contribution in [0.25, 0.3) is 11.6 Å². The summed E-state index contributed by atoms with van der Waals surface area (Å²) < 4.78 is 25.9. The SMILES string of the molecule is O=C1Nc2ccccc2C(c2ccccc2)=N[C@@H]1Nc1nnc(-c2ncc(N3CCOCC3)cc2F)o1. The van der Waals surface area contributed by atoms with E-state index in [0.29, 0.717) is 43.4 Å². The summed E-state index contributed by atoms with van der Waals surface area (Å²) in [6.07, 6.45) is 0.491. The lowest BCUT2D eigenvalue weighted by molar-refractivity contribution is -0.116. The summed E-state index contributed by atoms with van der Waals surface area (Å²) in [6, 6.07) is 18.3. The van der Waals surface area contributed by atoms with Crippen LogP contribution in [0.4, 0.5) is 21.8 Å². The van der Waals surface area contributed by atoms with Gasteiger partial charge in [0.1, 0.15) is 0 Å². The highest BCUT2D eigenvalue weighted by atomic mass is 19.1. The second-order valence-corrected chi connectivity index (χ2v) is 8.46. The summed E-state index contributed by atoms with van der Waals surface area (Å²) in [7, 11) is 0. The number of benzodiazepines with no additional fused rings is 1. The van der Waals surface area contributed by atoms with Gasteiger partial charge in [0.2, 0.25) is 6.17 Å². The molecule has 1 fully saturated rings. The lowest BCUT2D eigenvalue weighted by Crippen LogP contribution is -2.36. The second kappa shape index (κ2) is 9.78. The number of amides is 1. The molecule has 2 aliphatic rings. The summed E-state index contributed by atoms with van der Waals surface area (Å²) in [5, 5.41) is 13.6. The number of hydrogen-bond donors (Lipinski definition) is 2. The van der Waals surface area contributed by atoms with Crippen LogP contribution in [0.1, 0.15) is 11.1 Å². The van der Waals surface area contributed by atoms with Gasteiger partial charge in [-0.1, -0.05) is 53.6 Å². The molecule has 10 nitrogen and oxygen atoms in total. The maximum Gasteiger partial charge on any atom is 0.317 e. The van der Waals surface area contributed by atoms with Crippen molar-refractivity contribution < 1.29 is 18.3 Å². The van der Waals surface area contributed by atoms with Gasteiger partial charge < -0.3 is 24.7 Å². The molecule has 2 aliphatic heterocycles. The largest absolute Gasteiger partial charge is 0.402 e. The van der Waals surface area contributed by atoms with Gasteiger partial charge in [0, 0.05) is 30.3 Å². The Labute approximate surface area is 211 Å². The number of carbonyl (C=O) groups excluding carboxylic acids is 1. The average molecular weight is 500 g/mol. The summed E-state index contributed by atoms with van der Waals surface area (Å²) in [5.74, 6) is -1.11. The molecule has 0 bridgehead atoms. The Hall–Kier alpha value is -4.64. The number of hydrogen-bond acceptors (Lipinski definition) is 9. The summed E-state index contributed by atoms with van der Waals surface area (Å²) in [4.78, 5) is 23.9. The summed E-state index contributed by atoms with van der Waals surface area (Å²) in [5.41, 5.74) is 3.46. The van der Waals surface area contributed by atoms with Crippen LogP contribution in [0.3, 0.4) is 0 Å². The van der Waals surface area contributed by atoms with Gasteiger partial charge in [0.25, 0.3) is 11.8 Å².